The zero-order valence-electron chi connectivity index (χ0n) is 14.9. The molecule has 2 aromatic carbocycles. The molecule has 0 amide bonds. The van der Waals surface area contributed by atoms with Crippen LogP contribution in [0.5, 0.6) is 0 Å². The van der Waals surface area contributed by atoms with Gasteiger partial charge in [0, 0.05) is 35.4 Å². The molecule has 1 N–H and O–H groups in total. The van der Waals surface area contributed by atoms with Gasteiger partial charge in [-0.1, -0.05) is 24.3 Å². The quantitative estimate of drug-likeness (QED) is 0.526. The van der Waals surface area contributed by atoms with Crippen LogP contribution in [-0.4, -0.2) is 28.6 Å². The summed E-state index contributed by atoms with van der Waals surface area (Å²) >= 11 is 0. The number of Topliss-reactive ketones (excluding diaryl/α,β-unsaturated/α-hetero) is 1. The molecule has 0 radical (unpaired) electrons. The Bertz CT molecular complexity index is 1230. The number of hydrogen-bond acceptors (Lipinski definition) is 5. The van der Waals surface area contributed by atoms with Gasteiger partial charge < -0.3 is 0 Å². The van der Waals surface area contributed by atoms with Gasteiger partial charge in [-0.05, 0) is 37.3 Å². The monoisotopic (exact) mass is 392 g/mol. The molecule has 2 heterocycles. The van der Waals surface area contributed by atoms with Crippen LogP contribution in [0.15, 0.2) is 78.1 Å². The Balaban J connectivity index is 1.55. The summed E-state index contributed by atoms with van der Waals surface area (Å²) in [6, 6.07) is 14.6. The molecule has 0 aliphatic heterocycles. The van der Waals surface area contributed by atoms with E-state index in [1.54, 1.807) is 30.5 Å². The average Bonchev–Trinajstić information content (AvgIpc) is 3.12. The van der Waals surface area contributed by atoms with Gasteiger partial charge in [0.05, 0.1) is 10.6 Å². The second-order valence-electron chi connectivity index (χ2n) is 6.22. The van der Waals surface area contributed by atoms with E-state index in [2.05, 4.69) is 14.7 Å². The van der Waals surface area contributed by atoms with Crippen LogP contribution in [0.1, 0.15) is 17.3 Å². The van der Waals surface area contributed by atoms with Crippen molar-refractivity contribution < 1.29 is 13.2 Å². The number of aromatic nitrogens is 3. The number of rotatable bonds is 5. The van der Waals surface area contributed by atoms with Crippen LogP contribution in [0, 0.1) is 0 Å². The van der Waals surface area contributed by atoms with Crippen LogP contribution in [0.25, 0.3) is 17.0 Å². The molecule has 0 fully saturated rings. The summed E-state index contributed by atoms with van der Waals surface area (Å²) in [6.07, 6.45) is 5.39. The molecule has 0 saturated heterocycles. The zero-order chi connectivity index (χ0) is 19.7. The Hall–Kier alpha value is -3.52. The number of imidazole rings is 1. The summed E-state index contributed by atoms with van der Waals surface area (Å²) in [6.45, 7) is 1.43. The molecule has 8 heteroatoms. The summed E-state index contributed by atoms with van der Waals surface area (Å²) in [7, 11) is -3.74. The van der Waals surface area contributed by atoms with Crippen LogP contribution < -0.4 is 4.72 Å². The summed E-state index contributed by atoms with van der Waals surface area (Å²) in [5.74, 6) is 0.478. The lowest BCUT2D eigenvalue weighted by atomic mass is 10.1. The van der Waals surface area contributed by atoms with Gasteiger partial charge in [0.1, 0.15) is 0 Å². The molecule has 0 bridgehead atoms. The summed E-state index contributed by atoms with van der Waals surface area (Å²) < 4.78 is 29.4. The average molecular weight is 392 g/mol. The molecule has 0 atom stereocenters. The molecule has 0 unspecified atom stereocenters. The molecule has 0 spiro atoms. The maximum Gasteiger partial charge on any atom is 0.261 e. The molecule has 28 heavy (non-hydrogen) atoms. The van der Waals surface area contributed by atoms with Crippen molar-refractivity contribution >= 4 is 27.3 Å². The molecule has 0 aliphatic carbocycles. The van der Waals surface area contributed by atoms with Crippen LogP contribution in [0.3, 0.4) is 0 Å². The second kappa shape index (κ2) is 6.90. The Morgan fingerprint density at radius 1 is 1.04 bits per heavy atom. The smallest absolute Gasteiger partial charge is 0.261 e. The SMILES string of the molecule is CC(=O)c1ccc(S(=O)(=O)Nc2ccc(-c3cn4cccnc4n3)cc2)cc1. The number of anilines is 1. The highest BCUT2D eigenvalue weighted by atomic mass is 32.2. The van der Waals surface area contributed by atoms with Crippen molar-refractivity contribution in [3.63, 3.8) is 0 Å². The minimum absolute atomic E-state index is 0.0907. The number of ketones is 1. The van der Waals surface area contributed by atoms with Gasteiger partial charge in [-0.15, -0.1) is 0 Å². The number of hydrogen-bond donors (Lipinski definition) is 1. The van der Waals surface area contributed by atoms with Gasteiger partial charge in [-0.25, -0.2) is 18.4 Å². The lowest BCUT2D eigenvalue weighted by Gasteiger charge is -2.09. The summed E-state index contributed by atoms with van der Waals surface area (Å²) in [5.41, 5.74) is 2.48. The largest absolute Gasteiger partial charge is 0.295 e. The van der Waals surface area contributed by atoms with E-state index >= 15 is 0 Å². The van der Waals surface area contributed by atoms with Crippen LogP contribution in [0.4, 0.5) is 5.69 Å². The van der Waals surface area contributed by atoms with E-state index < -0.39 is 10.0 Å². The first-order chi connectivity index (χ1) is 13.4. The molecular weight excluding hydrogens is 376 g/mol. The molecule has 140 valence electrons. The van der Waals surface area contributed by atoms with Gasteiger partial charge in [0.25, 0.3) is 10.0 Å². The first-order valence-electron chi connectivity index (χ1n) is 8.46. The van der Waals surface area contributed by atoms with E-state index in [4.69, 9.17) is 0 Å². The topological polar surface area (TPSA) is 93.4 Å². The highest BCUT2D eigenvalue weighted by Crippen LogP contribution is 2.22. The van der Waals surface area contributed by atoms with E-state index in [9.17, 15) is 13.2 Å². The van der Waals surface area contributed by atoms with E-state index in [-0.39, 0.29) is 10.7 Å². The van der Waals surface area contributed by atoms with Crippen molar-refractivity contribution in [2.24, 2.45) is 0 Å². The summed E-state index contributed by atoms with van der Waals surface area (Å²) in [5, 5.41) is 0. The Morgan fingerprint density at radius 3 is 2.39 bits per heavy atom. The number of nitrogens with zero attached hydrogens (tertiary/aromatic N) is 3. The fourth-order valence-corrected chi connectivity index (χ4v) is 3.82. The Kier molecular flexibility index (Phi) is 4.40. The predicted molar refractivity (Wildman–Crippen MR) is 106 cm³/mol. The number of fused-ring (bicyclic) bond motifs is 1. The number of nitrogens with one attached hydrogen (secondary N) is 1. The fourth-order valence-electron chi connectivity index (χ4n) is 2.76. The van der Waals surface area contributed by atoms with E-state index in [1.165, 1.54) is 31.2 Å². The first kappa shape index (κ1) is 17.9. The van der Waals surface area contributed by atoms with Gasteiger partial charge in [0.15, 0.2) is 5.78 Å². The third-order valence-electron chi connectivity index (χ3n) is 4.24. The van der Waals surface area contributed by atoms with Gasteiger partial charge >= 0.3 is 0 Å². The molecular formula is C20H16N4O3S. The van der Waals surface area contributed by atoms with Crippen molar-refractivity contribution in [1.82, 2.24) is 14.4 Å². The van der Waals surface area contributed by atoms with Crippen LogP contribution in [-0.2, 0) is 10.0 Å². The van der Waals surface area contributed by atoms with Gasteiger partial charge in [0.2, 0.25) is 5.78 Å². The van der Waals surface area contributed by atoms with Crippen LogP contribution >= 0.6 is 0 Å². The van der Waals surface area contributed by atoms with Crippen LogP contribution in [0.2, 0.25) is 0 Å². The maximum absolute atomic E-state index is 12.5. The molecule has 2 aromatic heterocycles. The lowest BCUT2D eigenvalue weighted by Crippen LogP contribution is -2.13. The van der Waals surface area contributed by atoms with Gasteiger partial charge in [-0.2, -0.15) is 0 Å². The van der Waals surface area contributed by atoms with Crippen molar-refractivity contribution in [3.8, 4) is 11.3 Å². The normalized spacial score (nSPS) is 11.5. The number of carbonyl (C=O) groups is 1. The Labute approximate surface area is 161 Å². The fraction of sp³-hybridized carbons (Fsp3) is 0.0500. The molecule has 4 rings (SSSR count). The number of benzene rings is 2. The Morgan fingerprint density at radius 2 is 1.75 bits per heavy atom. The zero-order valence-corrected chi connectivity index (χ0v) is 15.7. The summed E-state index contributed by atoms with van der Waals surface area (Å²) in [4.78, 5) is 20.0. The van der Waals surface area contributed by atoms with E-state index in [1.807, 2.05) is 22.9 Å². The maximum atomic E-state index is 12.5. The second-order valence-corrected chi connectivity index (χ2v) is 7.90. The predicted octanol–water partition coefficient (Wildman–Crippen LogP) is 3.40. The van der Waals surface area contributed by atoms with Crippen molar-refractivity contribution in [3.05, 3.63) is 78.8 Å². The van der Waals surface area contributed by atoms with Crippen molar-refractivity contribution in [2.45, 2.75) is 11.8 Å². The molecule has 0 aliphatic rings. The van der Waals surface area contributed by atoms with Crippen molar-refractivity contribution in [2.75, 3.05) is 4.72 Å². The van der Waals surface area contributed by atoms with Crippen molar-refractivity contribution in [1.29, 1.82) is 0 Å². The molecule has 7 nitrogen and oxygen atoms in total. The van der Waals surface area contributed by atoms with E-state index in [0.29, 0.717) is 17.0 Å². The number of carbonyl (C=O) groups excluding carboxylic acids is 1. The highest BCUT2D eigenvalue weighted by Gasteiger charge is 2.15. The standard InChI is InChI=1S/C20H16N4O3S/c1-14(25)15-5-9-18(10-6-15)28(26,27)23-17-7-3-16(4-8-17)19-13-24-12-2-11-21-20(24)22-19/h2-13,23H,1H3. The van der Waals surface area contributed by atoms with E-state index in [0.717, 1.165) is 11.3 Å². The third kappa shape index (κ3) is 3.49. The lowest BCUT2D eigenvalue weighted by molar-refractivity contribution is 0.101. The molecule has 4 aromatic rings. The first-order valence-corrected chi connectivity index (χ1v) is 9.95. The highest BCUT2D eigenvalue weighted by molar-refractivity contribution is 7.92. The minimum Gasteiger partial charge on any atom is -0.295 e. The third-order valence-corrected chi connectivity index (χ3v) is 5.64. The number of sulfonamides is 1. The van der Waals surface area contributed by atoms with Gasteiger partial charge in [-0.3, -0.25) is 13.9 Å². The molecule has 0 saturated carbocycles. The minimum atomic E-state index is -3.74.